The number of hydrogen-bond acceptors (Lipinski definition) is 2. The van der Waals surface area contributed by atoms with Gasteiger partial charge >= 0.3 is 6.18 Å². The SMILES string of the molecule is C[N-]C(=O)c1ccoc1C(F)(F)F.[Y]. The van der Waals surface area contributed by atoms with Crippen molar-refractivity contribution >= 4 is 5.91 Å². The van der Waals surface area contributed by atoms with E-state index in [2.05, 4.69) is 9.73 Å². The Kier molecular flexibility index (Phi) is 4.81. The zero-order valence-electron chi connectivity index (χ0n) is 7.13. The average Bonchev–Trinajstić information content (AvgIpc) is 2.49. The maximum absolute atomic E-state index is 12.1. The minimum Gasteiger partial charge on any atom is -0.652 e. The Hall–Kier alpha value is -0.356. The van der Waals surface area contributed by atoms with E-state index >= 15 is 0 Å². The number of alkyl halides is 3. The molecule has 0 aliphatic heterocycles. The number of furan rings is 1. The summed E-state index contributed by atoms with van der Waals surface area (Å²) < 4.78 is 40.4. The molecule has 1 radical (unpaired) electrons. The molecule has 1 amide bonds. The second kappa shape index (κ2) is 4.93. The maximum atomic E-state index is 12.1. The van der Waals surface area contributed by atoms with Crippen LogP contribution < -0.4 is 0 Å². The first-order chi connectivity index (χ1) is 5.96. The first kappa shape index (κ1) is 13.6. The third-order valence-corrected chi connectivity index (χ3v) is 1.36. The molecule has 0 aromatic carbocycles. The fourth-order valence-corrected chi connectivity index (χ4v) is 0.818. The van der Waals surface area contributed by atoms with Crippen LogP contribution in [0.15, 0.2) is 16.7 Å². The van der Waals surface area contributed by atoms with Gasteiger partial charge in [0, 0.05) is 32.7 Å². The van der Waals surface area contributed by atoms with E-state index in [4.69, 9.17) is 0 Å². The van der Waals surface area contributed by atoms with Crippen LogP contribution in [0.4, 0.5) is 13.2 Å². The summed E-state index contributed by atoms with van der Waals surface area (Å²) in [5, 5.41) is 3.11. The number of carbonyl (C=O) groups is 1. The molecule has 1 rings (SSSR count). The minimum absolute atomic E-state index is 0. The van der Waals surface area contributed by atoms with E-state index in [0.717, 1.165) is 19.4 Å². The van der Waals surface area contributed by atoms with Gasteiger partial charge in [-0.1, -0.05) is 0 Å². The van der Waals surface area contributed by atoms with Gasteiger partial charge < -0.3 is 14.5 Å². The number of nitrogens with zero attached hydrogens (tertiary/aromatic N) is 1. The van der Waals surface area contributed by atoms with Crippen LogP contribution >= 0.6 is 0 Å². The quantitative estimate of drug-likeness (QED) is 0.793. The second-order valence-corrected chi connectivity index (χ2v) is 2.19. The molecule has 1 aromatic rings. The summed E-state index contributed by atoms with van der Waals surface area (Å²) in [5.74, 6) is -2.25. The van der Waals surface area contributed by atoms with Gasteiger partial charge in [0.25, 0.3) is 0 Å². The molecule has 0 atom stereocenters. The molecule has 0 bridgehead atoms. The van der Waals surface area contributed by atoms with Gasteiger partial charge in [-0.05, 0) is 6.07 Å². The predicted molar refractivity (Wildman–Crippen MR) is 37.3 cm³/mol. The van der Waals surface area contributed by atoms with Crippen molar-refractivity contribution < 1.29 is 55.1 Å². The van der Waals surface area contributed by atoms with Gasteiger partial charge in [-0.15, -0.1) is 7.05 Å². The summed E-state index contributed by atoms with van der Waals surface area (Å²) in [6, 6.07) is 0.943. The van der Waals surface area contributed by atoms with Crippen molar-refractivity contribution in [3.05, 3.63) is 29.0 Å². The van der Waals surface area contributed by atoms with E-state index in [1.54, 1.807) is 0 Å². The van der Waals surface area contributed by atoms with Crippen LogP contribution in [0.25, 0.3) is 5.32 Å². The van der Waals surface area contributed by atoms with E-state index in [0.29, 0.717) is 0 Å². The zero-order valence-corrected chi connectivity index (χ0v) is 9.97. The molecule has 0 unspecified atom stereocenters. The normalized spacial score (nSPS) is 10.6. The first-order valence-corrected chi connectivity index (χ1v) is 3.25. The molecule has 0 saturated carbocycles. The van der Waals surface area contributed by atoms with Crippen LogP contribution in [0.3, 0.4) is 0 Å². The van der Waals surface area contributed by atoms with Crippen LogP contribution in [-0.2, 0) is 38.9 Å². The van der Waals surface area contributed by atoms with Gasteiger partial charge in [0.05, 0.1) is 17.7 Å². The van der Waals surface area contributed by atoms with Gasteiger partial charge in [0.1, 0.15) is 0 Å². The monoisotopic (exact) mass is 281 g/mol. The Morgan fingerprint density at radius 3 is 2.50 bits per heavy atom. The van der Waals surface area contributed by atoms with Crippen molar-refractivity contribution in [2.24, 2.45) is 0 Å². The molecule has 0 aliphatic rings. The fraction of sp³-hybridized carbons (Fsp3) is 0.286. The number of amides is 1. The minimum atomic E-state index is -4.65. The Morgan fingerprint density at radius 2 is 2.07 bits per heavy atom. The van der Waals surface area contributed by atoms with E-state index in [-0.39, 0.29) is 32.7 Å². The summed E-state index contributed by atoms with van der Waals surface area (Å²) in [6.45, 7) is 0. The van der Waals surface area contributed by atoms with Crippen molar-refractivity contribution in [3.63, 3.8) is 0 Å². The molecular weight excluding hydrogens is 276 g/mol. The van der Waals surface area contributed by atoms with Gasteiger partial charge in [0.2, 0.25) is 5.76 Å². The molecular formula is C7H5F3NO2Y-. The topological polar surface area (TPSA) is 44.3 Å². The Balaban J connectivity index is 0.00000169. The molecule has 0 saturated heterocycles. The molecule has 1 heterocycles. The van der Waals surface area contributed by atoms with Crippen molar-refractivity contribution in [1.82, 2.24) is 0 Å². The van der Waals surface area contributed by atoms with Gasteiger partial charge in [-0.3, -0.25) is 0 Å². The fourth-order valence-electron chi connectivity index (χ4n) is 0.818. The smallest absolute Gasteiger partial charge is 0.450 e. The van der Waals surface area contributed by atoms with Gasteiger partial charge in [-0.2, -0.15) is 13.2 Å². The number of carbonyl (C=O) groups excluding carboxylic acids is 1. The molecule has 0 aliphatic carbocycles. The Morgan fingerprint density at radius 1 is 1.50 bits per heavy atom. The summed E-state index contributed by atoms with van der Waals surface area (Å²) >= 11 is 0. The molecule has 0 spiro atoms. The van der Waals surface area contributed by atoms with Crippen molar-refractivity contribution in [2.45, 2.75) is 6.18 Å². The van der Waals surface area contributed by atoms with Gasteiger partial charge in [0.15, 0.2) is 0 Å². The molecule has 75 valence electrons. The zero-order chi connectivity index (χ0) is 10.1. The molecule has 14 heavy (non-hydrogen) atoms. The van der Waals surface area contributed by atoms with E-state index in [1.165, 1.54) is 0 Å². The maximum Gasteiger partial charge on any atom is 0.450 e. The second-order valence-electron chi connectivity index (χ2n) is 2.19. The Labute approximate surface area is 103 Å². The van der Waals surface area contributed by atoms with Crippen molar-refractivity contribution in [2.75, 3.05) is 7.05 Å². The van der Waals surface area contributed by atoms with Gasteiger partial charge in [-0.25, -0.2) is 0 Å². The van der Waals surface area contributed by atoms with E-state index in [9.17, 15) is 18.0 Å². The van der Waals surface area contributed by atoms with Crippen LogP contribution in [0.1, 0.15) is 16.1 Å². The molecule has 0 N–H and O–H groups in total. The summed E-state index contributed by atoms with van der Waals surface area (Å²) in [4.78, 5) is 10.8. The number of halogens is 3. The molecule has 7 heteroatoms. The van der Waals surface area contributed by atoms with E-state index < -0.39 is 23.4 Å². The molecule has 1 aromatic heterocycles. The van der Waals surface area contributed by atoms with Crippen molar-refractivity contribution in [1.29, 1.82) is 0 Å². The third kappa shape index (κ3) is 2.82. The van der Waals surface area contributed by atoms with Crippen LogP contribution in [-0.4, -0.2) is 13.0 Å². The van der Waals surface area contributed by atoms with E-state index in [1.807, 2.05) is 0 Å². The average molecular weight is 281 g/mol. The number of hydrogen-bond donors (Lipinski definition) is 0. The van der Waals surface area contributed by atoms with Crippen molar-refractivity contribution in [3.8, 4) is 0 Å². The summed E-state index contributed by atoms with van der Waals surface area (Å²) in [6.07, 6.45) is -3.85. The predicted octanol–water partition coefficient (Wildman–Crippen LogP) is 2.44. The van der Waals surface area contributed by atoms with Crippen LogP contribution in [0.2, 0.25) is 0 Å². The summed E-state index contributed by atoms with van der Waals surface area (Å²) in [5.41, 5.74) is -0.560. The standard InChI is InChI=1S/C7H6F3NO2.Y/c1-11-6(12)4-2-3-13-5(4)7(8,9)10;/h2-3H,1H3,(H,11,12);/p-1. The Bertz CT molecular complexity index is 321. The molecule has 3 nitrogen and oxygen atoms in total. The third-order valence-electron chi connectivity index (χ3n) is 1.36. The molecule has 0 fully saturated rings. The largest absolute Gasteiger partial charge is 0.652 e. The number of rotatable bonds is 1. The van der Waals surface area contributed by atoms with Crippen LogP contribution in [0, 0.1) is 0 Å². The summed E-state index contributed by atoms with van der Waals surface area (Å²) in [7, 11) is 1.12. The van der Waals surface area contributed by atoms with Crippen LogP contribution in [0.5, 0.6) is 0 Å². The first-order valence-electron chi connectivity index (χ1n) is 3.25.